The van der Waals surface area contributed by atoms with Gasteiger partial charge in [0.1, 0.15) is 0 Å². The molecule has 0 saturated carbocycles. The standard InChI is InChI=1S/C23H21ClF3N3O3/c1-2-11-30(13-19(31)29-17-8-7-16(25)22(26)23(17)27)21(32)10-9-20-28-12-18(33-20)14-3-5-15(24)6-4-14/h3-8,12H,2,9-11,13H2,1H3,(H,29,31). The highest BCUT2D eigenvalue weighted by Gasteiger charge is 2.20. The molecule has 0 unspecified atom stereocenters. The normalized spacial score (nSPS) is 10.8. The van der Waals surface area contributed by atoms with Gasteiger partial charge in [0.15, 0.2) is 29.1 Å². The predicted molar refractivity (Wildman–Crippen MR) is 117 cm³/mol. The molecule has 1 aromatic heterocycles. The van der Waals surface area contributed by atoms with Crippen molar-refractivity contribution in [3.05, 3.63) is 71.0 Å². The summed E-state index contributed by atoms with van der Waals surface area (Å²) in [5.41, 5.74) is 0.288. The monoisotopic (exact) mass is 479 g/mol. The van der Waals surface area contributed by atoms with Crippen LogP contribution in [0.25, 0.3) is 11.3 Å². The first kappa shape index (κ1) is 24.3. The van der Waals surface area contributed by atoms with E-state index in [1.54, 1.807) is 30.5 Å². The second-order valence-electron chi connectivity index (χ2n) is 7.21. The average molecular weight is 480 g/mol. The van der Waals surface area contributed by atoms with Crippen LogP contribution in [0.5, 0.6) is 0 Å². The molecular weight excluding hydrogens is 459 g/mol. The van der Waals surface area contributed by atoms with Crippen molar-refractivity contribution in [3.8, 4) is 11.3 Å². The Balaban J connectivity index is 1.58. The van der Waals surface area contributed by atoms with Gasteiger partial charge in [-0.15, -0.1) is 0 Å². The van der Waals surface area contributed by atoms with Crippen LogP contribution in [-0.4, -0.2) is 34.8 Å². The number of benzene rings is 2. The average Bonchev–Trinajstić information content (AvgIpc) is 3.27. The Kier molecular flexibility index (Phi) is 8.11. The number of anilines is 1. The van der Waals surface area contributed by atoms with Crippen molar-refractivity contribution in [2.24, 2.45) is 0 Å². The van der Waals surface area contributed by atoms with Crippen molar-refractivity contribution in [2.45, 2.75) is 26.2 Å². The van der Waals surface area contributed by atoms with Crippen LogP contribution in [0.1, 0.15) is 25.7 Å². The lowest BCUT2D eigenvalue weighted by Gasteiger charge is -2.21. The molecule has 2 amide bonds. The zero-order chi connectivity index (χ0) is 24.0. The van der Waals surface area contributed by atoms with E-state index in [2.05, 4.69) is 10.3 Å². The van der Waals surface area contributed by atoms with E-state index < -0.39 is 29.0 Å². The molecule has 10 heteroatoms. The smallest absolute Gasteiger partial charge is 0.244 e. The largest absolute Gasteiger partial charge is 0.441 e. The number of aryl methyl sites for hydroxylation is 1. The Morgan fingerprint density at radius 1 is 1.09 bits per heavy atom. The summed E-state index contributed by atoms with van der Waals surface area (Å²) >= 11 is 5.88. The summed E-state index contributed by atoms with van der Waals surface area (Å²) in [6.07, 6.45) is 2.38. The van der Waals surface area contributed by atoms with E-state index in [1.165, 1.54) is 4.90 Å². The van der Waals surface area contributed by atoms with Gasteiger partial charge >= 0.3 is 0 Å². The maximum absolute atomic E-state index is 13.8. The lowest BCUT2D eigenvalue weighted by atomic mass is 10.2. The molecule has 174 valence electrons. The Morgan fingerprint density at radius 3 is 2.52 bits per heavy atom. The summed E-state index contributed by atoms with van der Waals surface area (Å²) in [7, 11) is 0. The number of amides is 2. The van der Waals surface area contributed by atoms with Crippen LogP contribution < -0.4 is 5.32 Å². The summed E-state index contributed by atoms with van der Waals surface area (Å²) in [5.74, 6) is -4.72. The maximum atomic E-state index is 13.8. The van der Waals surface area contributed by atoms with E-state index in [1.807, 2.05) is 6.92 Å². The maximum Gasteiger partial charge on any atom is 0.244 e. The SMILES string of the molecule is CCCN(CC(=O)Nc1ccc(F)c(F)c1F)C(=O)CCc1ncc(-c2ccc(Cl)cc2)o1. The third-order valence-corrected chi connectivity index (χ3v) is 4.98. The van der Waals surface area contributed by atoms with Crippen LogP contribution in [0.3, 0.4) is 0 Å². The number of hydrogen-bond donors (Lipinski definition) is 1. The Morgan fingerprint density at radius 2 is 1.82 bits per heavy atom. The molecule has 3 rings (SSSR count). The number of carbonyl (C=O) groups is 2. The van der Waals surface area contributed by atoms with Crippen LogP contribution in [0.2, 0.25) is 5.02 Å². The van der Waals surface area contributed by atoms with E-state index >= 15 is 0 Å². The fraction of sp³-hybridized carbons (Fsp3) is 0.261. The van der Waals surface area contributed by atoms with Crippen molar-refractivity contribution < 1.29 is 27.2 Å². The van der Waals surface area contributed by atoms with Gasteiger partial charge < -0.3 is 14.6 Å². The summed E-state index contributed by atoms with van der Waals surface area (Å²) in [4.78, 5) is 30.4. The first-order valence-corrected chi connectivity index (χ1v) is 10.6. The molecule has 3 aromatic rings. The van der Waals surface area contributed by atoms with Gasteiger partial charge in [0.2, 0.25) is 11.8 Å². The van der Waals surface area contributed by atoms with Gasteiger partial charge in [0.05, 0.1) is 18.4 Å². The number of rotatable bonds is 9. The number of nitrogens with one attached hydrogen (secondary N) is 1. The molecule has 0 fully saturated rings. The van der Waals surface area contributed by atoms with Gasteiger partial charge in [-0.05, 0) is 42.8 Å². The molecule has 0 radical (unpaired) electrons. The highest BCUT2D eigenvalue weighted by atomic mass is 35.5. The minimum atomic E-state index is -1.68. The summed E-state index contributed by atoms with van der Waals surface area (Å²) in [6.45, 7) is 1.75. The quantitative estimate of drug-likeness (QED) is 0.427. The van der Waals surface area contributed by atoms with Crippen molar-refractivity contribution in [1.29, 1.82) is 0 Å². The molecular formula is C23H21ClF3N3O3. The van der Waals surface area contributed by atoms with Gasteiger partial charge in [-0.25, -0.2) is 18.2 Å². The molecule has 0 aliphatic carbocycles. The third kappa shape index (κ3) is 6.35. The summed E-state index contributed by atoms with van der Waals surface area (Å²) in [6, 6.07) is 8.64. The van der Waals surface area contributed by atoms with Crippen molar-refractivity contribution >= 4 is 29.1 Å². The van der Waals surface area contributed by atoms with Crippen LogP contribution in [0.4, 0.5) is 18.9 Å². The van der Waals surface area contributed by atoms with E-state index in [9.17, 15) is 22.8 Å². The van der Waals surface area contributed by atoms with E-state index in [-0.39, 0.29) is 31.8 Å². The molecule has 33 heavy (non-hydrogen) atoms. The Hall–Kier alpha value is -3.33. The Labute approximate surface area is 193 Å². The van der Waals surface area contributed by atoms with E-state index in [4.69, 9.17) is 16.0 Å². The van der Waals surface area contributed by atoms with E-state index in [0.717, 1.165) is 11.6 Å². The van der Waals surface area contributed by atoms with Gasteiger partial charge in [-0.3, -0.25) is 9.59 Å². The zero-order valence-electron chi connectivity index (χ0n) is 17.7. The van der Waals surface area contributed by atoms with Gasteiger partial charge in [0, 0.05) is 30.0 Å². The van der Waals surface area contributed by atoms with E-state index in [0.29, 0.717) is 29.2 Å². The predicted octanol–water partition coefficient (Wildman–Crippen LogP) is 5.22. The summed E-state index contributed by atoms with van der Waals surface area (Å²) < 4.78 is 45.9. The molecule has 0 aliphatic heterocycles. The van der Waals surface area contributed by atoms with Crippen LogP contribution in [0, 0.1) is 17.5 Å². The van der Waals surface area contributed by atoms with Crippen molar-refractivity contribution in [2.75, 3.05) is 18.4 Å². The zero-order valence-corrected chi connectivity index (χ0v) is 18.5. The molecule has 0 spiro atoms. The molecule has 2 aromatic carbocycles. The van der Waals surface area contributed by atoms with Gasteiger partial charge in [-0.2, -0.15) is 0 Å². The molecule has 0 saturated heterocycles. The lowest BCUT2D eigenvalue weighted by molar-refractivity contribution is -0.134. The number of nitrogens with zero attached hydrogens (tertiary/aromatic N) is 2. The number of oxazole rings is 1. The van der Waals surface area contributed by atoms with Crippen molar-refractivity contribution in [1.82, 2.24) is 9.88 Å². The lowest BCUT2D eigenvalue weighted by Crippen LogP contribution is -2.38. The van der Waals surface area contributed by atoms with Crippen molar-refractivity contribution in [3.63, 3.8) is 0 Å². The van der Waals surface area contributed by atoms with Crippen LogP contribution >= 0.6 is 11.6 Å². The number of halogens is 4. The molecule has 0 atom stereocenters. The molecule has 6 nitrogen and oxygen atoms in total. The minimum absolute atomic E-state index is 0.0351. The molecule has 0 aliphatic rings. The molecule has 1 N–H and O–H groups in total. The first-order valence-electron chi connectivity index (χ1n) is 10.2. The second-order valence-corrected chi connectivity index (χ2v) is 7.65. The number of carbonyl (C=O) groups excluding carboxylic acids is 2. The van der Waals surface area contributed by atoms with Gasteiger partial charge in [0.25, 0.3) is 0 Å². The highest BCUT2D eigenvalue weighted by Crippen LogP contribution is 2.23. The first-order chi connectivity index (χ1) is 15.8. The fourth-order valence-corrected chi connectivity index (χ4v) is 3.22. The third-order valence-electron chi connectivity index (χ3n) is 4.73. The molecule has 1 heterocycles. The fourth-order valence-electron chi connectivity index (χ4n) is 3.09. The number of aromatic nitrogens is 1. The summed E-state index contributed by atoms with van der Waals surface area (Å²) in [5, 5.41) is 2.76. The minimum Gasteiger partial charge on any atom is -0.441 e. The van der Waals surface area contributed by atoms with Gasteiger partial charge in [-0.1, -0.05) is 18.5 Å². The van der Waals surface area contributed by atoms with Crippen LogP contribution in [0.15, 0.2) is 47.0 Å². The number of hydrogen-bond acceptors (Lipinski definition) is 4. The highest BCUT2D eigenvalue weighted by molar-refractivity contribution is 6.30. The second kappa shape index (κ2) is 11.0. The molecule has 0 bridgehead atoms. The topological polar surface area (TPSA) is 75.4 Å². The Bertz CT molecular complexity index is 1140. The van der Waals surface area contributed by atoms with Crippen LogP contribution in [-0.2, 0) is 16.0 Å².